The molecule has 0 atom stereocenters. The van der Waals surface area contributed by atoms with Crippen molar-refractivity contribution in [1.82, 2.24) is 5.32 Å². The lowest BCUT2D eigenvalue weighted by Crippen LogP contribution is -2.28. The number of rotatable bonds is 6. The van der Waals surface area contributed by atoms with Crippen molar-refractivity contribution >= 4 is 22.9 Å². The zero-order chi connectivity index (χ0) is 15.2. The molecular weight excluding hydrogens is 294 g/mol. The van der Waals surface area contributed by atoms with Gasteiger partial charge in [0.15, 0.2) is 0 Å². The number of hydrogen-bond acceptors (Lipinski definition) is 3. The summed E-state index contributed by atoms with van der Waals surface area (Å²) < 4.78 is 26.7. The number of benzene rings is 1. The highest BCUT2D eigenvalue weighted by atomic mass is 32.1. The minimum absolute atomic E-state index is 0.00681. The van der Waals surface area contributed by atoms with Gasteiger partial charge in [-0.1, -0.05) is 13.0 Å². The van der Waals surface area contributed by atoms with E-state index in [1.165, 1.54) is 10.9 Å². The Bertz CT molecular complexity index is 608. The molecule has 21 heavy (non-hydrogen) atoms. The van der Waals surface area contributed by atoms with Crippen LogP contribution in [-0.4, -0.2) is 12.5 Å². The number of aryl methyl sites for hydroxylation is 1. The molecule has 6 heteroatoms. The minimum Gasteiger partial charge on any atom is -0.320 e. The summed E-state index contributed by atoms with van der Waals surface area (Å²) in [6, 6.07) is 7.51. The van der Waals surface area contributed by atoms with Gasteiger partial charge in [-0.05, 0) is 30.7 Å². The fourth-order valence-electron chi connectivity index (χ4n) is 1.81. The van der Waals surface area contributed by atoms with E-state index >= 15 is 0 Å². The molecule has 0 radical (unpaired) electrons. The lowest BCUT2D eigenvalue weighted by Gasteiger charge is -2.08. The number of carbonyl (C=O) groups is 1. The quantitative estimate of drug-likeness (QED) is 0.859. The number of amides is 1. The normalized spacial score (nSPS) is 10.6. The van der Waals surface area contributed by atoms with E-state index in [9.17, 15) is 13.6 Å². The molecule has 0 spiro atoms. The molecule has 112 valence electrons. The molecule has 2 rings (SSSR count). The molecule has 1 heterocycles. The summed E-state index contributed by atoms with van der Waals surface area (Å²) in [5.41, 5.74) is -0.409. The van der Waals surface area contributed by atoms with Crippen LogP contribution in [0.1, 0.15) is 16.7 Å². The van der Waals surface area contributed by atoms with Gasteiger partial charge >= 0.3 is 0 Å². The van der Waals surface area contributed by atoms with Crippen LogP contribution in [0.2, 0.25) is 0 Å². The summed E-state index contributed by atoms with van der Waals surface area (Å²) >= 11 is 1.68. The van der Waals surface area contributed by atoms with Gasteiger partial charge in [-0.2, -0.15) is 0 Å². The Kier molecular flexibility index (Phi) is 5.41. The Labute approximate surface area is 126 Å². The molecule has 1 aromatic carbocycles. The largest absolute Gasteiger partial charge is 0.320 e. The molecule has 3 nitrogen and oxygen atoms in total. The molecule has 0 fully saturated rings. The SMILES string of the molecule is CCc1ccc(CNCC(=O)Nc2c(F)cccc2F)s1. The standard InChI is InChI=1S/C15H16F2N2OS/c1-2-10-6-7-11(21-10)8-18-9-14(20)19-15-12(16)4-3-5-13(15)17/h3-7,18H,2,8-9H2,1H3,(H,19,20). The predicted octanol–water partition coefficient (Wildman–Crippen LogP) is 3.32. The summed E-state index contributed by atoms with van der Waals surface area (Å²) in [6.45, 7) is 2.63. The van der Waals surface area contributed by atoms with Crippen molar-refractivity contribution in [3.8, 4) is 0 Å². The number of nitrogens with one attached hydrogen (secondary N) is 2. The summed E-state index contributed by atoms with van der Waals surface area (Å²) in [7, 11) is 0. The average molecular weight is 310 g/mol. The van der Waals surface area contributed by atoms with Gasteiger partial charge in [0.25, 0.3) is 0 Å². The maximum Gasteiger partial charge on any atom is 0.238 e. The minimum atomic E-state index is -0.783. The zero-order valence-electron chi connectivity index (χ0n) is 11.6. The monoisotopic (exact) mass is 310 g/mol. The fourth-order valence-corrected chi connectivity index (χ4v) is 2.73. The third kappa shape index (κ3) is 4.34. The Morgan fingerprint density at radius 1 is 1.14 bits per heavy atom. The van der Waals surface area contributed by atoms with Crippen molar-refractivity contribution in [2.45, 2.75) is 19.9 Å². The first-order chi connectivity index (χ1) is 10.1. The summed E-state index contributed by atoms with van der Waals surface area (Å²) in [5, 5.41) is 5.18. The molecule has 0 saturated heterocycles. The van der Waals surface area contributed by atoms with E-state index in [1.807, 2.05) is 6.07 Å². The number of carbonyl (C=O) groups excluding carboxylic acids is 1. The second-order valence-corrected chi connectivity index (χ2v) is 5.72. The van der Waals surface area contributed by atoms with Gasteiger partial charge in [0.05, 0.1) is 6.54 Å². The molecule has 0 aliphatic rings. The van der Waals surface area contributed by atoms with Crippen LogP contribution >= 0.6 is 11.3 Å². The Morgan fingerprint density at radius 3 is 2.43 bits per heavy atom. The summed E-state index contributed by atoms with van der Waals surface area (Å²) in [6.07, 6.45) is 0.984. The van der Waals surface area contributed by atoms with E-state index in [0.717, 1.165) is 23.4 Å². The second-order valence-electron chi connectivity index (χ2n) is 4.47. The van der Waals surface area contributed by atoms with Crippen LogP contribution in [0.4, 0.5) is 14.5 Å². The van der Waals surface area contributed by atoms with Crippen LogP contribution in [0.25, 0.3) is 0 Å². The van der Waals surface area contributed by atoms with Crippen molar-refractivity contribution in [3.05, 3.63) is 51.7 Å². The summed E-state index contributed by atoms with van der Waals surface area (Å²) in [5.74, 6) is -2.05. The third-order valence-electron chi connectivity index (χ3n) is 2.88. The van der Waals surface area contributed by atoms with Gasteiger partial charge in [-0.3, -0.25) is 4.79 Å². The summed E-state index contributed by atoms with van der Waals surface area (Å²) in [4.78, 5) is 14.1. The Balaban J connectivity index is 1.82. The maximum atomic E-state index is 13.4. The molecule has 0 saturated carbocycles. The Hall–Kier alpha value is -1.79. The van der Waals surface area contributed by atoms with Crippen LogP contribution in [0.15, 0.2) is 30.3 Å². The first kappa shape index (κ1) is 15.6. The topological polar surface area (TPSA) is 41.1 Å². The molecule has 2 aromatic rings. The third-order valence-corrected chi connectivity index (χ3v) is 4.11. The highest BCUT2D eigenvalue weighted by Gasteiger charge is 2.11. The molecule has 1 aromatic heterocycles. The van der Waals surface area contributed by atoms with E-state index in [0.29, 0.717) is 6.54 Å². The van der Waals surface area contributed by atoms with Crippen molar-refractivity contribution in [3.63, 3.8) is 0 Å². The number of thiophene rings is 1. The van der Waals surface area contributed by atoms with E-state index in [-0.39, 0.29) is 6.54 Å². The van der Waals surface area contributed by atoms with Crippen molar-refractivity contribution in [2.24, 2.45) is 0 Å². The smallest absolute Gasteiger partial charge is 0.238 e. The van der Waals surface area contributed by atoms with Gasteiger partial charge in [0, 0.05) is 16.3 Å². The van der Waals surface area contributed by atoms with E-state index < -0.39 is 23.2 Å². The molecular formula is C15H16F2N2OS. The lowest BCUT2D eigenvalue weighted by atomic mass is 10.3. The Morgan fingerprint density at radius 2 is 1.81 bits per heavy atom. The lowest BCUT2D eigenvalue weighted by molar-refractivity contribution is -0.115. The van der Waals surface area contributed by atoms with E-state index in [2.05, 4.69) is 23.6 Å². The van der Waals surface area contributed by atoms with Gasteiger partial charge in [-0.25, -0.2) is 8.78 Å². The second kappa shape index (κ2) is 7.28. The van der Waals surface area contributed by atoms with Crippen LogP contribution < -0.4 is 10.6 Å². The number of para-hydroxylation sites is 1. The first-order valence-corrected chi connectivity index (χ1v) is 7.44. The molecule has 0 aliphatic carbocycles. The first-order valence-electron chi connectivity index (χ1n) is 6.62. The predicted molar refractivity (Wildman–Crippen MR) is 80.4 cm³/mol. The van der Waals surface area contributed by atoms with E-state index in [1.54, 1.807) is 11.3 Å². The number of halogens is 2. The van der Waals surface area contributed by atoms with Crippen LogP contribution in [0.5, 0.6) is 0 Å². The van der Waals surface area contributed by atoms with E-state index in [4.69, 9.17) is 0 Å². The maximum absolute atomic E-state index is 13.4. The van der Waals surface area contributed by atoms with Crippen LogP contribution in [0.3, 0.4) is 0 Å². The van der Waals surface area contributed by atoms with Gasteiger partial charge < -0.3 is 10.6 Å². The number of anilines is 1. The van der Waals surface area contributed by atoms with Crippen molar-refractivity contribution in [2.75, 3.05) is 11.9 Å². The van der Waals surface area contributed by atoms with Crippen LogP contribution in [0, 0.1) is 11.6 Å². The highest BCUT2D eigenvalue weighted by Crippen LogP contribution is 2.18. The molecule has 0 bridgehead atoms. The van der Waals surface area contributed by atoms with Gasteiger partial charge in [0.1, 0.15) is 17.3 Å². The molecule has 0 aliphatic heterocycles. The average Bonchev–Trinajstić information content (AvgIpc) is 2.91. The van der Waals surface area contributed by atoms with Gasteiger partial charge in [0.2, 0.25) is 5.91 Å². The molecule has 2 N–H and O–H groups in total. The van der Waals surface area contributed by atoms with Crippen molar-refractivity contribution in [1.29, 1.82) is 0 Å². The number of hydrogen-bond donors (Lipinski definition) is 2. The zero-order valence-corrected chi connectivity index (χ0v) is 12.4. The molecule has 1 amide bonds. The fraction of sp³-hybridized carbons (Fsp3) is 0.267. The van der Waals surface area contributed by atoms with Gasteiger partial charge in [-0.15, -0.1) is 11.3 Å². The van der Waals surface area contributed by atoms with Crippen LogP contribution in [-0.2, 0) is 17.8 Å². The van der Waals surface area contributed by atoms with Crippen molar-refractivity contribution < 1.29 is 13.6 Å². The molecule has 0 unspecified atom stereocenters. The highest BCUT2D eigenvalue weighted by molar-refractivity contribution is 7.11.